The van der Waals surface area contributed by atoms with Gasteiger partial charge in [-0.15, -0.1) is 0 Å². The van der Waals surface area contributed by atoms with Crippen LogP contribution < -0.4 is 5.32 Å². The summed E-state index contributed by atoms with van der Waals surface area (Å²) in [4.78, 5) is 11.8. The number of carbonyl (C=O) groups is 1. The molecule has 4 heteroatoms. The highest BCUT2D eigenvalue weighted by atomic mass is 16.5. The number of hydrogen-bond acceptors (Lipinski definition) is 3. The summed E-state index contributed by atoms with van der Waals surface area (Å²) in [6, 6.07) is 0. The average Bonchev–Trinajstić information content (AvgIpc) is 2.61. The SMILES string of the molecule is Cc1noc2c1C[C@@H]1[C@H](C(=O)N2)C1(C)C. The highest BCUT2D eigenvalue weighted by Crippen LogP contribution is 2.61. The van der Waals surface area contributed by atoms with Crippen molar-refractivity contribution in [1.29, 1.82) is 0 Å². The van der Waals surface area contributed by atoms with Crippen molar-refractivity contribution in [3.63, 3.8) is 0 Å². The van der Waals surface area contributed by atoms with Gasteiger partial charge in [-0.2, -0.15) is 0 Å². The van der Waals surface area contributed by atoms with Crippen LogP contribution in [0.5, 0.6) is 0 Å². The molecule has 3 rings (SSSR count). The number of aryl methyl sites for hydroxylation is 1. The molecule has 0 aromatic carbocycles. The predicted molar refractivity (Wildman–Crippen MR) is 54.3 cm³/mol. The molecular formula is C11H14N2O2. The van der Waals surface area contributed by atoms with Crippen molar-refractivity contribution in [3.05, 3.63) is 11.3 Å². The highest BCUT2D eigenvalue weighted by molar-refractivity contribution is 5.96. The lowest BCUT2D eigenvalue weighted by molar-refractivity contribution is -0.118. The molecule has 0 unspecified atom stereocenters. The molecule has 2 heterocycles. The van der Waals surface area contributed by atoms with Crippen LogP contribution in [0.2, 0.25) is 0 Å². The van der Waals surface area contributed by atoms with Gasteiger partial charge in [0.1, 0.15) is 0 Å². The molecule has 15 heavy (non-hydrogen) atoms. The molecule has 80 valence electrons. The van der Waals surface area contributed by atoms with E-state index in [1.54, 1.807) is 0 Å². The van der Waals surface area contributed by atoms with Gasteiger partial charge in [0.15, 0.2) is 0 Å². The quantitative estimate of drug-likeness (QED) is 0.703. The number of carbonyl (C=O) groups excluding carboxylic acids is 1. The smallest absolute Gasteiger partial charge is 0.234 e. The summed E-state index contributed by atoms with van der Waals surface area (Å²) in [5.41, 5.74) is 2.10. The summed E-state index contributed by atoms with van der Waals surface area (Å²) in [6.45, 7) is 6.22. The topological polar surface area (TPSA) is 55.1 Å². The van der Waals surface area contributed by atoms with Gasteiger partial charge >= 0.3 is 0 Å². The van der Waals surface area contributed by atoms with E-state index in [2.05, 4.69) is 24.3 Å². The molecule has 1 amide bonds. The molecule has 1 aromatic heterocycles. The number of rotatable bonds is 0. The molecule has 1 N–H and O–H groups in total. The fraction of sp³-hybridized carbons (Fsp3) is 0.636. The van der Waals surface area contributed by atoms with E-state index < -0.39 is 0 Å². The zero-order chi connectivity index (χ0) is 10.8. The number of hydrogen-bond donors (Lipinski definition) is 1. The lowest BCUT2D eigenvalue weighted by Gasteiger charge is -2.06. The Morgan fingerprint density at radius 3 is 3.00 bits per heavy atom. The largest absolute Gasteiger partial charge is 0.338 e. The van der Waals surface area contributed by atoms with Gasteiger partial charge in [-0.3, -0.25) is 10.1 Å². The van der Waals surface area contributed by atoms with Crippen LogP contribution in [0.15, 0.2) is 4.52 Å². The monoisotopic (exact) mass is 206 g/mol. The van der Waals surface area contributed by atoms with Crippen LogP contribution in [0.1, 0.15) is 25.1 Å². The summed E-state index contributed by atoms with van der Waals surface area (Å²) < 4.78 is 5.09. The summed E-state index contributed by atoms with van der Waals surface area (Å²) >= 11 is 0. The van der Waals surface area contributed by atoms with Crippen LogP contribution in [0.3, 0.4) is 0 Å². The third-order valence-corrected chi connectivity index (χ3v) is 3.98. The molecule has 0 radical (unpaired) electrons. The Bertz CT molecular complexity index is 447. The van der Waals surface area contributed by atoms with Gasteiger partial charge in [-0.1, -0.05) is 19.0 Å². The van der Waals surface area contributed by atoms with E-state index in [0.29, 0.717) is 11.8 Å². The normalized spacial score (nSPS) is 31.3. The fourth-order valence-electron chi connectivity index (χ4n) is 2.78. The molecule has 0 bridgehead atoms. The van der Waals surface area contributed by atoms with Gasteiger partial charge in [0.25, 0.3) is 0 Å². The summed E-state index contributed by atoms with van der Waals surface area (Å²) in [7, 11) is 0. The number of fused-ring (bicyclic) bond motifs is 2. The number of nitrogens with one attached hydrogen (secondary N) is 1. The van der Waals surface area contributed by atoms with E-state index in [1.807, 2.05) is 6.92 Å². The summed E-state index contributed by atoms with van der Waals surface area (Å²) in [6.07, 6.45) is 0.904. The van der Waals surface area contributed by atoms with E-state index >= 15 is 0 Å². The maximum absolute atomic E-state index is 11.8. The molecule has 1 saturated carbocycles. The van der Waals surface area contributed by atoms with Crippen LogP contribution in [0, 0.1) is 24.2 Å². The van der Waals surface area contributed by atoms with Crippen LogP contribution in [-0.2, 0) is 11.2 Å². The van der Waals surface area contributed by atoms with E-state index in [4.69, 9.17) is 4.52 Å². The Hall–Kier alpha value is -1.32. The summed E-state index contributed by atoms with van der Waals surface area (Å²) in [5.74, 6) is 1.22. The number of aromatic nitrogens is 1. The Morgan fingerprint density at radius 1 is 1.53 bits per heavy atom. The molecule has 1 fully saturated rings. The molecule has 0 spiro atoms. The minimum absolute atomic E-state index is 0.0832. The second-order valence-corrected chi connectivity index (χ2v) is 5.17. The zero-order valence-electron chi connectivity index (χ0n) is 9.13. The molecule has 0 saturated heterocycles. The van der Waals surface area contributed by atoms with Gasteiger partial charge in [0.2, 0.25) is 11.8 Å². The molecular weight excluding hydrogens is 192 g/mol. The zero-order valence-corrected chi connectivity index (χ0v) is 9.13. The Morgan fingerprint density at radius 2 is 2.27 bits per heavy atom. The first-order valence-electron chi connectivity index (χ1n) is 5.28. The van der Waals surface area contributed by atoms with Crippen molar-refractivity contribution in [2.45, 2.75) is 27.2 Å². The highest BCUT2D eigenvalue weighted by Gasteiger charge is 2.62. The van der Waals surface area contributed by atoms with Crippen molar-refractivity contribution in [1.82, 2.24) is 5.16 Å². The lowest BCUT2D eigenvalue weighted by atomic mass is 10.0. The Balaban J connectivity index is 2.04. The molecule has 1 aliphatic heterocycles. The molecule has 4 nitrogen and oxygen atoms in total. The van der Waals surface area contributed by atoms with Gasteiger partial charge in [-0.25, -0.2) is 0 Å². The van der Waals surface area contributed by atoms with E-state index in [1.165, 1.54) is 0 Å². The maximum atomic E-state index is 11.8. The van der Waals surface area contributed by atoms with E-state index in [9.17, 15) is 4.79 Å². The minimum atomic E-state index is 0.0832. The van der Waals surface area contributed by atoms with Crippen LogP contribution in [-0.4, -0.2) is 11.1 Å². The molecule has 2 atom stereocenters. The van der Waals surface area contributed by atoms with Gasteiger partial charge < -0.3 is 4.52 Å². The number of nitrogens with zero attached hydrogens (tertiary/aromatic N) is 1. The number of amides is 1. The first kappa shape index (κ1) is 8.95. The first-order chi connectivity index (χ1) is 7.01. The second kappa shape index (κ2) is 2.43. The lowest BCUT2D eigenvalue weighted by Crippen LogP contribution is -2.16. The van der Waals surface area contributed by atoms with E-state index in [-0.39, 0.29) is 17.2 Å². The van der Waals surface area contributed by atoms with Gasteiger partial charge in [0, 0.05) is 11.5 Å². The van der Waals surface area contributed by atoms with Gasteiger partial charge in [-0.05, 0) is 24.7 Å². The van der Waals surface area contributed by atoms with Crippen LogP contribution in [0.4, 0.5) is 5.88 Å². The number of anilines is 1. The Kier molecular flexibility index (Phi) is 1.45. The van der Waals surface area contributed by atoms with Crippen LogP contribution >= 0.6 is 0 Å². The standard InChI is InChI=1S/C11H14N2O2/c1-5-6-4-7-8(11(7,2)3)9(14)12-10(6)15-13-5/h7-8H,4H2,1-3H3,(H,12,14)/t7-,8-/m1/s1. The van der Waals surface area contributed by atoms with Crippen molar-refractivity contribution in [2.24, 2.45) is 17.3 Å². The Labute approximate surface area is 88.0 Å². The molecule has 1 aromatic rings. The molecule has 2 aliphatic rings. The average molecular weight is 206 g/mol. The maximum Gasteiger partial charge on any atom is 0.234 e. The van der Waals surface area contributed by atoms with Crippen molar-refractivity contribution < 1.29 is 9.32 Å². The third-order valence-electron chi connectivity index (χ3n) is 3.98. The third kappa shape index (κ3) is 1.02. The fourth-order valence-corrected chi connectivity index (χ4v) is 2.78. The summed E-state index contributed by atoms with van der Waals surface area (Å²) in [5, 5.41) is 6.71. The predicted octanol–water partition coefficient (Wildman–Crippen LogP) is 1.75. The molecule has 1 aliphatic carbocycles. The minimum Gasteiger partial charge on any atom is -0.338 e. The van der Waals surface area contributed by atoms with Crippen LogP contribution in [0.25, 0.3) is 0 Å². The van der Waals surface area contributed by atoms with E-state index in [0.717, 1.165) is 17.7 Å². The van der Waals surface area contributed by atoms with Gasteiger partial charge in [0.05, 0.1) is 5.69 Å². The van der Waals surface area contributed by atoms with Crippen molar-refractivity contribution in [2.75, 3.05) is 5.32 Å². The van der Waals surface area contributed by atoms with Crippen molar-refractivity contribution in [3.8, 4) is 0 Å². The van der Waals surface area contributed by atoms with Crippen molar-refractivity contribution >= 4 is 11.8 Å². The first-order valence-corrected chi connectivity index (χ1v) is 5.28. The second-order valence-electron chi connectivity index (χ2n) is 5.17.